The van der Waals surface area contributed by atoms with E-state index in [0.717, 1.165) is 33.7 Å². The van der Waals surface area contributed by atoms with Crippen molar-refractivity contribution >= 4 is 33.8 Å². The molecule has 3 aromatic rings. The van der Waals surface area contributed by atoms with Crippen LogP contribution in [0.5, 0.6) is 0 Å². The summed E-state index contributed by atoms with van der Waals surface area (Å²) >= 11 is 1.51. The van der Waals surface area contributed by atoms with Crippen molar-refractivity contribution in [2.24, 2.45) is 0 Å². The van der Waals surface area contributed by atoms with E-state index in [1.54, 1.807) is 0 Å². The fourth-order valence-electron chi connectivity index (χ4n) is 1.98. The third kappa shape index (κ3) is 3.35. The number of carbonyl (C=O) groups excluding carboxylic acids is 1. The van der Waals surface area contributed by atoms with Crippen LogP contribution in [0.1, 0.15) is 12.7 Å². The van der Waals surface area contributed by atoms with Gasteiger partial charge in [0.15, 0.2) is 10.9 Å². The Hall–Kier alpha value is -2.60. The third-order valence-electron chi connectivity index (χ3n) is 2.95. The van der Waals surface area contributed by atoms with Crippen molar-refractivity contribution < 1.29 is 9.21 Å². The van der Waals surface area contributed by atoms with Crippen LogP contribution in [0.3, 0.4) is 0 Å². The number of rotatable bonds is 4. The number of nitrogens with one attached hydrogen (secondary N) is 2. The summed E-state index contributed by atoms with van der Waals surface area (Å²) in [5.74, 6) is 1.55. The highest BCUT2D eigenvalue weighted by atomic mass is 32.1. The van der Waals surface area contributed by atoms with E-state index >= 15 is 0 Å². The molecule has 0 radical (unpaired) electrons. The first-order valence-electron chi connectivity index (χ1n) is 6.77. The molecule has 0 aliphatic heterocycles. The Morgan fingerprint density at radius 1 is 1.14 bits per heavy atom. The third-order valence-corrected chi connectivity index (χ3v) is 3.71. The quantitative estimate of drug-likeness (QED) is 0.748. The summed E-state index contributed by atoms with van der Waals surface area (Å²) in [7, 11) is 0. The number of anilines is 3. The molecule has 112 valence electrons. The predicted octanol–water partition coefficient (Wildman–Crippen LogP) is 4.41. The number of hydrogen-bond acceptors (Lipinski definition) is 5. The van der Waals surface area contributed by atoms with E-state index in [2.05, 4.69) is 15.6 Å². The minimum absolute atomic E-state index is 0.0842. The number of nitrogens with zero attached hydrogens (tertiary/aromatic N) is 1. The Labute approximate surface area is 132 Å². The van der Waals surface area contributed by atoms with Crippen LogP contribution in [0.15, 0.2) is 46.2 Å². The summed E-state index contributed by atoms with van der Waals surface area (Å²) in [5.41, 5.74) is 2.49. The average molecular weight is 313 g/mol. The van der Waals surface area contributed by atoms with Crippen LogP contribution in [0.2, 0.25) is 0 Å². The van der Waals surface area contributed by atoms with Crippen LogP contribution < -0.4 is 10.6 Å². The van der Waals surface area contributed by atoms with E-state index in [1.807, 2.05) is 48.7 Å². The number of thiazole rings is 1. The minimum Gasteiger partial charge on any atom is -0.460 e. The van der Waals surface area contributed by atoms with E-state index in [4.69, 9.17) is 4.42 Å². The second kappa shape index (κ2) is 6.03. The molecule has 0 atom stereocenters. The van der Waals surface area contributed by atoms with Gasteiger partial charge in [-0.25, -0.2) is 4.98 Å². The second-order valence-electron chi connectivity index (χ2n) is 4.83. The van der Waals surface area contributed by atoms with Crippen LogP contribution in [-0.4, -0.2) is 10.9 Å². The van der Waals surface area contributed by atoms with Crippen molar-refractivity contribution in [3.05, 3.63) is 47.5 Å². The highest BCUT2D eigenvalue weighted by molar-refractivity contribution is 7.14. The van der Waals surface area contributed by atoms with Crippen molar-refractivity contribution in [2.75, 3.05) is 10.6 Å². The van der Waals surface area contributed by atoms with Gasteiger partial charge in [0.1, 0.15) is 11.5 Å². The molecule has 0 saturated carbocycles. The molecule has 0 fully saturated rings. The van der Waals surface area contributed by atoms with Crippen LogP contribution in [0, 0.1) is 6.92 Å². The predicted molar refractivity (Wildman–Crippen MR) is 88.6 cm³/mol. The van der Waals surface area contributed by atoms with Gasteiger partial charge >= 0.3 is 0 Å². The second-order valence-corrected chi connectivity index (χ2v) is 5.69. The summed E-state index contributed by atoms with van der Waals surface area (Å²) < 4.78 is 5.56. The van der Waals surface area contributed by atoms with Crippen LogP contribution in [0.25, 0.3) is 11.5 Å². The Bertz CT molecular complexity index is 790. The standard InChI is InChI=1S/C16H15N3O2S/c1-10-3-8-15(21-10)14-9-22-16(19-14)18-13-6-4-12(5-7-13)17-11(2)20/h3-9H,1-2H3,(H,17,20)(H,18,19). The Balaban J connectivity index is 1.71. The number of aryl methyl sites for hydroxylation is 1. The summed E-state index contributed by atoms with van der Waals surface area (Å²) in [6.45, 7) is 3.39. The molecule has 2 N–H and O–H groups in total. The lowest BCUT2D eigenvalue weighted by atomic mass is 10.3. The number of benzene rings is 1. The van der Waals surface area contributed by atoms with Gasteiger partial charge < -0.3 is 15.1 Å². The molecule has 0 aliphatic carbocycles. The molecule has 0 unspecified atom stereocenters. The van der Waals surface area contributed by atoms with Crippen LogP contribution in [0.4, 0.5) is 16.5 Å². The van der Waals surface area contributed by atoms with Crippen molar-refractivity contribution in [3.63, 3.8) is 0 Å². The zero-order valence-electron chi connectivity index (χ0n) is 12.2. The van der Waals surface area contributed by atoms with Crippen molar-refractivity contribution in [1.29, 1.82) is 0 Å². The Kier molecular flexibility index (Phi) is 3.93. The lowest BCUT2D eigenvalue weighted by Crippen LogP contribution is -2.05. The van der Waals surface area contributed by atoms with Gasteiger partial charge in [-0.05, 0) is 43.3 Å². The molecule has 1 amide bonds. The lowest BCUT2D eigenvalue weighted by molar-refractivity contribution is -0.114. The van der Waals surface area contributed by atoms with Gasteiger partial charge in [-0.15, -0.1) is 11.3 Å². The van der Waals surface area contributed by atoms with Gasteiger partial charge in [0, 0.05) is 23.7 Å². The minimum atomic E-state index is -0.0842. The lowest BCUT2D eigenvalue weighted by Gasteiger charge is -2.05. The molecular formula is C16H15N3O2S. The Morgan fingerprint density at radius 3 is 2.50 bits per heavy atom. The maximum absolute atomic E-state index is 11.0. The number of hydrogen-bond donors (Lipinski definition) is 2. The summed E-state index contributed by atoms with van der Waals surface area (Å²) in [6.07, 6.45) is 0. The summed E-state index contributed by atoms with van der Waals surface area (Å²) in [6, 6.07) is 11.3. The first kappa shape index (κ1) is 14.3. The molecule has 5 nitrogen and oxygen atoms in total. The molecule has 0 saturated heterocycles. The molecule has 3 rings (SSSR count). The van der Waals surface area contributed by atoms with Gasteiger partial charge in [-0.3, -0.25) is 4.79 Å². The normalized spacial score (nSPS) is 10.5. The monoisotopic (exact) mass is 313 g/mol. The van der Waals surface area contributed by atoms with Gasteiger partial charge in [0.05, 0.1) is 0 Å². The molecule has 0 spiro atoms. The van der Waals surface area contributed by atoms with Gasteiger partial charge in [0.25, 0.3) is 0 Å². The highest BCUT2D eigenvalue weighted by Crippen LogP contribution is 2.28. The smallest absolute Gasteiger partial charge is 0.221 e. The maximum Gasteiger partial charge on any atom is 0.221 e. The van der Waals surface area contributed by atoms with Crippen molar-refractivity contribution in [1.82, 2.24) is 4.98 Å². The fraction of sp³-hybridized carbons (Fsp3) is 0.125. The van der Waals surface area contributed by atoms with E-state index in [1.165, 1.54) is 18.3 Å². The molecule has 6 heteroatoms. The molecule has 1 aromatic carbocycles. The van der Waals surface area contributed by atoms with E-state index in [0.29, 0.717) is 0 Å². The van der Waals surface area contributed by atoms with Gasteiger partial charge in [-0.2, -0.15) is 0 Å². The Morgan fingerprint density at radius 2 is 1.86 bits per heavy atom. The molecule has 0 bridgehead atoms. The molecular weight excluding hydrogens is 298 g/mol. The summed E-state index contributed by atoms with van der Waals surface area (Å²) in [5, 5.41) is 8.71. The van der Waals surface area contributed by atoms with E-state index in [-0.39, 0.29) is 5.91 Å². The number of aromatic nitrogens is 1. The highest BCUT2D eigenvalue weighted by Gasteiger charge is 2.08. The van der Waals surface area contributed by atoms with Crippen LogP contribution >= 0.6 is 11.3 Å². The zero-order chi connectivity index (χ0) is 15.5. The molecule has 22 heavy (non-hydrogen) atoms. The molecule has 2 heterocycles. The number of carbonyl (C=O) groups is 1. The van der Waals surface area contributed by atoms with Gasteiger partial charge in [0.2, 0.25) is 5.91 Å². The molecule has 0 aliphatic rings. The van der Waals surface area contributed by atoms with Gasteiger partial charge in [-0.1, -0.05) is 0 Å². The SMILES string of the molecule is CC(=O)Nc1ccc(Nc2nc(-c3ccc(C)o3)cs2)cc1. The largest absolute Gasteiger partial charge is 0.460 e. The zero-order valence-corrected chi connectivity index (χ0v) is 13.0. The fourth-order valence-corrected chi connectivity index (χ4v) is 2.70. The average Bonchev–Trinajstić information content (AvgIpc) is 3.09. The topological polar surface area (TPSA) is 67.2 Å². The molecule has 2 aromatic heterocycles. The maximum atomic E-state index is 11.0. The number of furan rings is 1. The van der Waals surface area contributed by atoms with Crippen LogP contribution in [-0.2, 0) is 4.79 Å². The van der Waals surface area contributed by atoms with Crippen molar-refractivity contribution in [2.45, 2.75) is 13.8 Å². The summed E-state index contributed by atoms with van der Waals surface area (Å²) in [4.78, 5) is 15.5. The number of amides is 1. The van der Waals surface area contributed by atoms with Crippen molar-refractivity contribution in [3.8, 4) is 11.5 Å². The van der Waals surface area contributed by atoms with E-state index in [9.17, 15) is 4.79 Å². The van der Waals surface area contributed by atoms with E-state index < -0.39 is 0 Å². The first-order chi connectivity index (χ1) is 10.6. The first-order valence-corrected chi connectivity index (χ1v) is 7.65.